The third kappa shape index (κ3) is 4.79. The Balaban J connectivity index is 1.90. The van der Waals surface area contributed by atoms with E-state index in [0.29, 0.717) is 25.0 Å². The number of rotatable bonds is 9. The van der Waals surface area contributed by atoms with Gasteiger partial charge in [-0.3, -0.25) is 4.68 Å². The number of hydrogen-bond acceptors (Lipinski definition) is 4. The Kier molecular flexibility index (Phi) is 5.40. The van der Waals surface area contributed by atoms with Gasteiger partial charge in [-0.1, -0.05) is 13.8 Å². The zero-order chi connectivity index (χ0) is 15.5. The second-order valence-corrected chi connectivity index (χ2v) is 8.22. The first kappa shape index (κ1) is 16.5. The largest absolute Gasteiger partial charge is 0.312 e. The highest BCUT2D eigenvalue weighted by Gasteiger charge is 2.23. The molecule has 0 aromatic carbocycles. The average Bonchev–Trinajstić information content (AvgIpc) is 3.11. The first-order valence-corrected chi connectivity index (χ1v) is 9.06. The van der Waals surface area contributed by atoms with Crippen LogP contribution in [0, 0.1) is 5.92 Å². The van der Waals surface area contributed by atoms with Crippen molar-refractivity contribution < 1.29 is 8.42 Å². The molecule has 1 heterocycles. The fraction of sp³-hybridized carbons (Fsp3) is 0.786. The lowest BCUT2D eigenvalue weighted by Crippen LogP contribution is -2.28. The zero-order valence-electron chi connectivity index (χ0n) is 13.1. The number of hydrogen-bond donors (Lipinski definition) is 1. The summed E-state index contributed by atoms with van der Waals surface area (Å²) in [6.45, 7) is 6.24. The molecule has 1 aliphatic carbocycles. The Labute approximate surface area is 127 Å². The van der Waals surface area contributed by atoms with Crippen molar-refractivity contribution in [2.45, 2.75) is 50.6 Å². The lowest BCUT2D eigenvalue weighted by atomic mass is 10.1. The Morgan fingerprint density at radius 1 is 1.48 bits per heavy atom. The van der Waals surface area contributed by atoms with Gasteiger partial charge in [0.1, 0.15) is 4.90 Å². The van der Waals surface area contributed by atoms with Crippen LogP contribution in [-0.2, 0) is 16.6 Å². The van der Waals surface area contributed by atoms with Crippen LogP contribution < -0.4 is 5.32 Å². The molecule has 6 nitrogen and oxygen atoms in total. The van der Waals surface area contributed by atoms with E-state index in [1.807, 2.05) is 0 Å². The second-order valence-electron chi connectivity index (χ2n) is 6.18. The summed E-state index contributed by atoms with van der Waals surface area (Å²) < 4.78 is 27.9. The normalized spacial score (nSPS) is 16.0. The minimum atomic E-state index is -3.41. The van der Waals surface area contributed by atoms with E-state index in [1.54, 1.807) is 17.9 Å². The minimum absolute atomic E-state index is 0.278. The van der Waals surface area contributed by atoms with Crippen LogP contribution in [0.2, 0.25) is 0 Å². The number of sulfonamides is 1. The quantitative estimate of drug-likeness (QED) is 0.746. The molecular weight excluding hydrogens is 288 g/mol. The molecule has 0 unspecified atom stereocenters. The monoisotopic (exact) mass is 314 g/mol. The van der Waals surface area contributed by atoms with E-state index in [4.69, 9.17) is 0 Å². The van der Waals surface area contributed by atoms with Crippen molar-refractivity contribution in [1.82, 2.24) is 19.4 Å². The Hall–Kier alpha value is -0.920. The van der Waals surface area contributed by atoms with Gasteiger partial charge in [0, 0.05) is 32.4 Å². The van der Waals surface area contributed by atoms with Crippen molar-refractivity contribution in [3.63, 3.8) is 0 Å². The smallest absolute Gasteiger partial charge is 0.245 e. The molecule has 7 heteroatoms. The number of aromatic nitrogens is 2. The summed E-state index contributed by atoms with van der Waals surface area (Å²) in [6.07, 6.45) is 6.42. The van der Waals surface area contributed by atoms with Gasteiger partial charge in [0.05, 0.1) is 12.7 Å². The molecule has 1 aromatic heterocycles. The van der Waals surface area contributed by atoms with Crippen LogP contribution in [0.5, 0.6) is 0 Å². The molecule has 1 fully saturated rings. The number of nitrogens with one attached hydrogen (secondary N) is 1. The van der Waals surface area contributed by atoms with Crippen LogP contribution >= 0.6 is 0 Å². The summed E-state index contributed by atoms with van der Waals surface area (Å²) in [5.41, 5.74) is 0. The van der Waals surface area contributed by atoms with E-state index >= 15 is 0 Å². The van der Waals surface area contributed by atoms with E-state index in [2.05, 4.69) is 24.3 Å². The van der Waals surface area contributed by atoms with Crippen molar-refractivity contribution in [2.24, 2.45) is 5.92 Å². The SMILES string of the molecule is CC(C)CCN(C)S(=O)(=O)c1cnn(CCNC2CC2)c1. The van der Waals surface area contributed by atoms with Gasteiger partial charge >= 0.3 is 0 Å². The van der Waals surface area contributed by atoms with E-state index in [0.717, 1.165) is 13.0 Å². The minimum Gasteiger partial charge on any atom is -0.312 e. The zero-order valence-corrected chi connectivity index (χ0v) is 13.9. The van der Waals surface area contributed by atoms with E-state index in [1.165, 1.54) is 23.3 Å². The molecular formula is C14H26N4O2S. The van der Waals surface area contributed by atoms with Crippen LogP contribution in [0.4, 0.5) is 0 Å². The first-order chi connectivity index (χ1) is 9.89. The molecule has 1 N–H and O–H groups in total. The van der Waals surface area contributed by atoms with Crippen LogP contribution in [0.1, 0.15) is 33.1 Å². The van der Waals surface area contributed by atoms with Crippen molar-refractivity contribution >= 4 is 10.0 Å². The summed E-state index contributed by atoms with van der Waals surface area (Å²) in [5.74, 6) is 0.485. The van der Waals surface area contributed by atoms with Gasteiger partial charge in [-0.25, -0.2) is 12.7 Å². The van der Waals surface area contributed by atoms with Gasteiger partial charge in [-0.05, 0) is 25.2 Å². The first-order valence-electron chi connectivity index (χ1n) is 7.62. The maximum atomic E-state index is 12.4. The van der Waals surface area contributed by atoms with Gasteiger partial charge in [0.2, 0.25) is 10.0 Å². The third-order valence-corrected chi connectivity index (χ3v) is 5.50. The molecule has 120 valence electrons. The van der Waals surface area contributed by atoms with E-state index in [-0.39, 0.29) is 4.90 Å². The summed E-state index contributed by atoms with van der Waals surface area (Å²) in [5, 5.41) is 7.54. The highest BCUT2D eigenvalue weighted by molar-refractivity contribution is 7.89. The number of nitrogens with zero attached hydrogens (tertiary/aromatic N) is 3. The summed E-state index contributed by atoms with van der Waals surface area (Å²) in [4.78, 5) is 0.278. The van der Waals surface area contributed by atoms with Crippen LogP contribution in [0.15, 0.2) is 17.3 Å². The average molecular weight is 314 g/mol. The molecule has 0 radical (unpaired) electrons. The summed E-state index contributed by atoms with van der Waals surface area (Å²) >= 11 is 0. The highest BCUT2D eigenvalue weighted by Crippen LogP contribution is 2.18. The fourth-order valence-corrected chi connectivity index (χ4v) is 3.15. The molecule has 0 atom stereocenters. The topological polar surface area (TPSA) is 67.2 Å². The Morgan fingerprint density at radius 2 is 2.19 bits per heavy atom. The molecule has 2 rings (SSSR count). The van der Waals surface area contributed by atoms with E-state index in [9.17, 15) is 8.42 Å². The van der Waals surface area contributed by atoms with Gasteiger partial charge < -0.3 is 5.32 Å². The van der Waals surface area contributed by atoms with Crippen molar-refractivity contribution in [1.29, 1.82) is 0 Å². The van der Waals surface area contributed by atoms with Crippen LogP contribution in [0.3, 0.4) is 0 Å². The van der Waals surface area contributed by atoms with Crippen LogP contribution in [0.25, 0.3) is 0 Å². The predicted molar refractivity (Wildman–Crippen MR) is 82.5 cm³/mol. The Bertz CT molecular complexity index is 549. The maximum absolute atomic E-state index is 12.4. The van der Waals surface area contributed by atoms with Gasteiger partial charge in [-0.15, -0.1) is 0 Å². The molecule has 1 aromatic rings. The molecule has 1 aliphatic rings. The fourth-order valence-electron chi connectivity index (χ4n) is 2.01. The molecule has 21 heavy (non-hydrogen) atoms. The maximum Gasteiger partial charge on any atom is 0.245 e. The molecule has 0 aliphatic heterocycles. The summed E-state index contributed by atoms with van der Waals surface area (Å²) in [7, 11) is -1.78. The second kappa shape index (κ2) is 6.89. The lowest BCUT2D eigenvalue weighted by Gasteiger charge is -2.16. The third-order valence-electron chi connectivity index (χ3n) is 3.69. The van der Waals surface area contributed by atoms with Crippen molar-refractivity contribution in [3.05, 3.63) is 12.4 Å². The van der Waals surface area contributed by atoms with Gasteiger partial charge in [0.25, 0.3) is 0 Å². The predicted octanol–water partition coefficient (Wildman–Crippen LogP) is 1.30. The van der Waals surface area contributed by atoms with Crippen molar-refractivity contribution in [3.8, 4) is 0 Å². The molecule has 0 amide bonds. The Morgan fingerprint density at radius 3 is 2.81 bits per heavy atom. The van der Waals surface area contributed by atoms with E-state index < -0.39 is 10.0 Å². The molecule has 0 bridgehead atoms. The molecule has 0 saturated heterocycles. The summed E-state index contributed by atoms with van der Waals surface area (Å²) in [6, 6.07) is 0.658. The van der Waals surface area contributed by atoms with Crippen molar-refractivity contribution in [2.75, 3.05) is 20.1 Å². The van der Waals surface area contributed by atoms with Gasteiger partial charge in [0.15, 0.2) is 0 Å². The highest BCUT2D eigenvalue weighted by atomic mass is 32.2. The van der Waals surface area contributed by atoms with Crippen LogP contribution in [-0.4, -0.2) is 48.7 Å². The molecule has 1 saturated carbocycles. The lowest BCUT2D eigenvalue weighted by molar-refractivity contribution is 0.428. The van der Waals surface area contributed by atoms with Gasteiger partial charge in [-0.2, -0.15) is 5.10 Å². The molecule has 0 spiro atoms. The standard InChI is InChI=1S/C14H26N4O2S/c1-12(2)6-8-17(3)21(19,20)14-10-16-18(11-14)9-7-15-13-4-5-13/h10-13,15H,4-9H2,1-3H3.